The topological polar surface area (TPSA) is 78.8 Å². The van der Waals surface area contributed by atoms with E-state index in [1.807, 2.05) is 0 Å². The van der Waals surface area contributed by atoms with Crippen molar-refractivity contribution in [2.45, 2.75) is 45.4 Å². The summed E-state index contributed by atoms with van der Waals surface area (Å²) in [7, 11) is 0. The molecule has 0 heterocycles. The molecule has 1 aromatic carbocycles. The minimum absolute atomic E-state index is 0.0671. The zero-order valence-corrected chi connectivity index (χ0v) is 15.6. The molecule has 0 fully saturated rings. The summed E-state index contributed by atoms with van der Waals surface area (Å²) >= 11 is 1.02. The summed E-state index contributed by atoms with van der Waals surface area (Å²) in [5.41, 5.74) is -0.0671. The van der Waals surface area contributed by atoms with Gasteiger partial charge >= 0.3 is 85.6 Å². The Kier molecular flexibility index (Phi) is 13.3. The average Bonchev–Trinajstić information content (AvgIpc) is 2.47. The van der Waals surface area contributed by atoms with Crippen molar-refractivity contribution in [2.75, 3.05) is 6.61 Å². The van der Waals surface area contributed by atoms with Gasteiger partial charge in [0, 0.05) is 0 Å². The van der Waals surface area contributed by atoms with Crippen molar-refractivity contribution >= 4 is 5.97 Å². The zero-order valence-electron chi connectivity index (χ0n) is 12.7. The molecule has 0 spiro atoms. The SMILES string of the molecule is CCCCCCCCO[NH][Zn].O=C(O)c1ccccc1O. The Bertz CT molecular complexity index is 380. The van der Waals surface area contributed by atoms with Crippen LogP contribution in [0.2, 0.25) is 0 Å². The summed E-state index contributed by atoms with van der Waals surface area (Å²) in [6, 6.07) is 5.81. The Morgan fingerprint density at radius 3 is 2.33 bits per heavy atom. The van der Waals surface area contributed by atoms with Crippen molar-refractivity contribution in [1.82, 2.24) is 4.22 Å². The molecule has 1 rings (SSSR count). The summed E-state index contributed by atoms with van der Waals surface area (Å²) in [5.74, 6) is -1.31. The van der Waals surface area contributed by atoms with E-state index in [0.29, 0.717) is 0 Å². The van der Waals surface area contributed by atoms with Gasteiger partial charge in [-0.25, -0.2) is 4.79 Å². The van der Waals surface area contributed by atoms with Crippen molar-refractivity contribution in [3.8, 4) is 5.75 Å². The first-order valence-corrected chi connectivity index (χ1v) is 8.77. The van der Waals surface area contributed by atoms with Gasteiger partial charge in [-0.15, -0.1) is 0 Å². The average molecular weight is 348 g/mol. The van der Waals surface area contributed by atoms with Crippen LogP contribution in [-0.4, -0.2) is 22.8 Å². The number of carboxylic acids is 1. The number of para-hydroxylation sites is 1. The molecule has 1 aromatic rings. The molecule has 0 bridgehead atoms. The van der Waals surface area contributed by atoms with Crippen LogP contribution in [0.25, 0.3) is 0 Å². The van der Waals surface area contributed by atoms with Gasteiger partial charge in [-0.2, -0.15) is 0 Å². The molecule has 6 heteroatoms. The number of carboxylic acid groups (broad SMARTS) is 1. The number of aromatic hydroxyl groups is 1. The van der Waals surface area contributed by atoms with Crippen LogP contribution in [0.5, 0.6) is 5.75 Å². The second kappa shape index (κ2) is 14.0. The number of aromatic carboxylic acids is 1. The van der Waals surface area contributed by atoms with Gasteiger partial charge in [0.15, 0.2) is 0 Å². The Labute approximate surface area is 136 Å². The molecular weight excluding hydrogens is 324 g/mol. The van der Waals surface area contributed by atoms with Gasteiger partial charge in [-0.3, -0.25) is 0 Å². The minimum Gasteiger partial charge on any atom is -0.507 e. The molecule has 0 aliphatic rings. The summed E-state index contributed by atoms with van der Waals surface area (Å²) in [4.78, 5) is 15.3. The van der Waals surface area contributed by atoms with Crippen LogP contribution in [0.3, 0.4) is 0 Å². The van der Waals surface area contributed by atoms with Gasteiger partial charge in [0.1, 0.15) is 11.3 Å². The number of benzene rings is 1. The van der Waals surface area contributed by atoms with Gasteiger partial charge < -0.3 is 10.2 Å². The molecule has 0 saturated heterocycles. The number of hydrogen-bond acceptors (Lipinski definition) is 4. The molecule has 0 atom stereocenters. The van der Waals surface area contributed by atoms with Gasteiger partial charge in [-0.1, -0.05) is 12.1 Å². The third-order valence-electron chi connectivity index (χ3n) is 2.84. The van der Waals surface area contributed by atoms with E-state index in [4.69, 9.17) is 15.1 Å². The van der Waals surface area contributed by atoms with Crippen LogP contribution in [-0.2, 0) is 23.4 Å². The van der Waals surface area contributed by atoms with Crippen molar-refractivity contribution in [2.24, 2.45) is 0 Å². The van der Waals surface area contributed by atoms with Gasteiger partial charge in [-0.05, 0) is 12.1 Å². The molecule has 0 unspecified atom stereocenters. The Morgan fingerprint density at radius 1 is 1.19 bits per heavy atom. The minimum atomic E-state index is -1.11. The van der Waals surface area contributed by atoms with E-state index in [2.05, 4.69) is 11.1 Å². The number of unbranched alkanes of at least 4 members (excludes halogenated alkanes) is 5. The first kappa shape index (κ1) is 20.0. The molecule has 5 nitrogen and oxygen atoms in total. The van der Waals surface area contributed by atoms with Gasteiger partial charge in [0.05, 0.1) is 0 Å². The van der Waals surface area contributed by atoms with Crippen LogP contribution in [0.15, 0.2) is 24.3 Å². The van der Waals surface area contributed by atoms with E-state index in [-0.39, 0.29) is 11.3 Å². The van der Waals surface area contributed by atoms with Crippen molar-refractivity contribution < 1.29 is 38.4 Å². The van der Waals surface area contributed by atoms with Gasteiger partial charge in [0.2, 0.25) is 0 Å². The molecule has 3 N–H and O–H groups in total. The molecule has 21 heavy (non-hydrogen) atoms. The number of hydrogen-bond donors (Lipinski definition) is 3. The maximum Gasteiger partial charge on any atom is 0.339 e. The van der Waals surface area contributed by atoms with E-state index < -0.39 is 5.97 Å². The van der Waals surface area contributed by atoms with Crippen LogP contribution in [0, 0.1) is 0 Å². The zero-order chi connectivity index (χ0) is 15.9. The van der Waals surface area contributed by atoms with E-state index in [1.165, 1.54) is 50.7 Å². The van der Waals surface area contributed by atoms with E-state index >= 15 is 0 Å². The third-order valence-corrected chi connectivity index (χ3v) is 3.26. The van der Waals surface area contributed by atoms with E-state index in [9.17, 15) is 4.79 Å². The molecule has 0 amide bonds. The smallest absolute Gasteiger partial charge is 0.339 e. The maximum absolute atomic E-state index is 10.3. The van der Waals surface area contributed by atoms with Crippen molar-refractivity contribution in [3.05, 3.63) is 29.8 Å². The van der Waals surface area contributed by atoms with Crippen molar-refractivity contribution in [1.29, 1.82) is 0 Å². The monoisotopic (exact) mass is 346 g/mol. The number of phenols is 1. The molecular formula is C15H24NO4Zn. The first-order chi connectivity index (χ1) is 10.1. The molecule has 0 saturated carbocycles. The fraction of sp³-hybridized carbons (Fsp3) is 0.533. The maximum atomic E-state index is 10.3. The number of rotatable bonds is 9. The molecule has 0 aromatic heterocycles. The van der Waals surface area contributed by atoms with Crippen LogP contribution < -0.4 is 4.22 Å². The third kappa shape index (κ3) is 11.4. The van der Waals surface area contributed by atoms with Crippen LogP contribution in [0.1, 0.15) is 55.8 Å². The predicted octanol–water partition coefficient (Wildman–Crippen LogP) is 3.42. The van der Waals surface area contributed by atoms with E-state index in [0.717, 1.165) is 25.1 Å². The van der Waals surface area contributed by atoms with Crippen LogP contribution >= 0.6 is 0 Å². The Hall–Kier alpha value is -0.967. The van der Waals surface area contributed by atoms with Gasteiger partial charge in [0.25, 0.3) is 0 Å². The Balaban J connectivity index is 0.000000382. The van der Waals surface area contributed by atoms with Crippen LogP contribution in [0.4, 0.5) is 0 Å². The van der Waals surface area contributed by atoms with E-state index in [1.54, 1.807) is 12.1 Å². The standard InChI is InChI=1S/C8H18NO.C7H6O3.Zn/c1-2-3-4-5-6-7-8-10-9;8-6-4-2-1-3-5(6)7(9)10;/h9H,2-8H2,1H3;1-4,8H,(H,9,10);/q-1;;+1. The quantitative estimate of drug-likeness (QED) is 0.362. The summed E-state index contributed by atoms with van der Waals surface area (Å²) < 4.78 is 2.79. The normalized spacial score (nSPS) is 9.86. The summed E-state index contributed by atoms with van der Waals surface area (Å²) in [6.07, 6.45) is 8.01. The van der Waals surface area contributed by atoms with Crippen molar-refractivity contribution in [3.63, 3.8) is 0 Å². The fourth-order valence-corrected chi connectivity index (χ4v) is 1.98. The summed E-state index contributed by atoms with van der Waals surface area (Å²) in [5, 5.41) is 17.3. The Morgan fingerprint density at radius 2 is 1.81 bits per heavy atom. The molecule has 115 valence electrons. The number of nitrogens with one attached hydrogen (secondary N) is 1. The molecule has 0 radical (unpaired) electrons. The summed E-state index contributed by atoms with van der Waals surface area (Å²) in [6.45, 7) is 3.13. The predicted molar refractivity (Wildman–Crippen MR) is 77.5 cm³/mol. The fourth-order valence-electron chi connectivity index (χ4n) is 1.68. The molecule has 0 aliphatic carbocycles. The molecule has 0 aliphatic heterocycles. The largest absolute Gasteiger partial charge is 0.507 e. The second-order valence-corrected chi connectivity index (χ2v) is 5.19. The number of carbonyl (C=O) groups is 1. The second-order valence-electron chi connectivity index (χ2n) is 4.58. The first-order valence-electron chi connectivity index (χ1n) is 7.28.